The van der Waals surface area contributed by atoms with E-state index in [4.69, 9.17) is 9.88 Å². The summed E-state index contributed by atoms with van der Waals surface area (Å²) < 4.78 is 29.3. The van der Waals surface area contributed by atoms with Crippen LogP contribution in [0.3, 0.4) is 0 Å². The monoisotopic (exact) mass is 386 g/mol. The maximum atomic E-state index is 12.6. The van der Waals surface area contributed by atoms with Crippen molar-refractivity contribution in [2.75, 3.05) is 12.4 Å². The summed E-state index contributed by atoms with van der Waals surface area (Å²) in [4.78, 5) is 12.6. The number of nitrogens with two attached hydrogens (primary N) is 1. The van der Waals surface area contributed by atoms with E-state index in [1.165, 1.54) is 7.11 Å². The van der Waals surface area contributed by atoms with Crippen LogP contribution in [0.1, 0.15) is 16.1 Å². The van der Waals surface area contributed by atoms with Gasteiger partial charge in [-0.3, -0.25) is 4.79 Å². The molecular weight excluding hydrogens is 368 g/mol. The van der Waals surface area contributed by atoms with Crippen molar-refractivity contribution in [1.29, 1.82) is 0 Å². The predicted octanol–water partition coefficient (Wildman–Crippen LogP) is 1.92. The summed E-state index contributed by atoms with van der Waals surface area (Å²) in [6.45, 7) is 0. The van der Waals surface area contributed by atoms with Gasteiger partial charge in [0.1, 0.15) is 0 Å². The second kappa shape index (κ2) is 7.60. The lowest BCUT2D eigenvalue weighted by Crippen LogP contribution is -2.16. The van der Waals surface area contributed by atoms with Crippen molar-refractivity contribution in [2.45, 2.75) is 5.75 Å². The van der Waals surface area contributed by atoms with Gasteiger partial charge in [0.15, 0.2) is 11.4 Å². The van der Waals surface area contributed by atoms with Crippen LogP contribution in [-0.2, 0) is 15.8 Å². The minimum atomic E-state index is -3.66. The van der Waals surface area contributed by atoms with E-state index in [9.17, 15) is 13.2 Å². The Kier molecular flexibility index (Phi) is 5.24. The van der Waals surface area contributed by atoms with E-state index in [1.807, 2.05) is 30.3 Å². The van der Waals surface area contributed by atoms with Crippen LogP contribution >= 0.6 is 0 Å². The van der Waals surface area contributed by atoms with Gasteiger partial charge in [0.2, 0.25) is 10.0 Å². The molecule has 0 aliphatic heterocycles. The molecule has 0 saturated carbocycles. The lowest BCUT2D eigenvalue weighted by atomic mass is 10.2. The van der Waals surface area contributed by atoms with Crippen LogP contribution in [0, 0.1) is 0 Å². The van der Waals surface area contributed by atoms with Crippen LogP contribution < -0.4 is 15.2 Å². The van der Waals surface area contributed by atoms with Crippen molar-refractivity contribution in [1.82, 2.24) is 9.78 Å². The van der Waals surface area contributed by atoms with Gasteiger partial charge >= 0.3 is 0 Å². The smallest absolute Gasteiger partial charge is 0.280 e. The van der Waals surface area contributed by atoms with Crippen LogP contribution in [0.15, 0.2) is 60.8 Å². The Balaban J connectivity index is 1.84. The van der Waals surface area contributed by atoms with Gasteiger partial charge in [0, 0.05) is 5.69 Å². The molecule has 0 aliphatic carbocycles. The largest absolute Gasteiger partial charge is 0.493 e. The maximum Gasteiger partial charge on any atom is 0.280 e. The molecule has 9 heteroatoms. The second-order valence-electron chi connectivity index (χ2n) is 5.79. The van der Waals surface area contributed by atoms with E-state index < -0.39 is 15.9 Å². The average molecular weight is 386 g/mol. The molecule has 8 nitrogen and oxygen atoms in total. The van der Waals surface area contributed by atoms with Crippen molar-refractivity contribution in [3.8, 4) is 11.4 Å². The third kappa shape index (κ3) is 4.72. The first-order chi connectivity index (χ1) is 12.9. The standard InChI is InChI=1S/C18H18N4O4S/c1-26-16-11-22(15-8-3-2-4-9-15)21-17(16)18(23)20-14-7-5-6-13(10-14)12-27(19,24)25/h2-11H,12H2,1H3,(H,20,23)(H2,19,24,25). The Labute approximate surface area is 156 Å². The van der Waals surface area contributed by atoms with E-state index in [1.54, 1.807) is 35.1 Å². The van der Waals surface area contributed by atoms with E-state index in [0.717, 1.165) is 5.69 Å². The van der Waals surface area contributed by atoms with E-state index in [2.05, 4.69) is 10.4 Å². The highest BCUT2D eigenvalue weighted by Gasteiger charge is 2.19. The molecule has 0 radical (unpaired) electrons. The number of carbonyl (C=O) groups excluding carboxylic acids is 1. The number of methoxy groups -OCH3 is 1. The Bertz CT molecular complexity index is 1060. The fourth-order valence-electron chi connectivity index (χ4n) is 2.54. The topological polar surface area (TPSA) is 116 Å². The number of primary sulfonamides is 1. The minimum Gasteiger partial charge on any atom is -0.493 e. The Morgan fingerprint density at radius 1 is 1.19 bits per heavy atom. The number of benzene rings is 2. The number of nitrogens with zero attached hydrogens (tertiary/aromatic N) is 2. The summed E-state index contributed by atoms with van der Waals surface area (Å²) in [5, 5.41) is 12.0. The highest BCUT2D eigenvalue weighted by atomic mass is 32.2. The van der Waals surface area contributed by atoms with Crippen LogP contribution in [0.2, 0.25) is 0 Å². The number of amides is 1. The number of anilines is 1. The van der Waals surface area contributed by atoms with Gasteiger partial charge in [0.05, 0.1) is 24.7 Å². The normalized spacial score (nSPS) is 11.2. The fraction of sp³-hybridized carbons (Fsp3) is 0.111. The first kappa shape index (κ1) is 18.6. The average Bonchev–Trinajstić information content (AvgIpc) is 3.06. The first-order valence-electron chi connectivity index (χ1n) is 7.95. The number of nitrogens with one attached hydrogen (secondary N) is 1. The zero-order chi connectivity index (χ0) is 19.4. The van der Waals surface area contributed by atoms with Gasteiger partial charge in [0.25, 0.3) is 5.91 Å². The van der Waals surface area contributed by atoms with Gasteiger partial charge in [-0.25, -0.2) is 18.2 Å². The zero-order valence-electron chi connectivity index (χ0n) is 14.5. The van der Waals surface area contributed by atoms with E-state index in [0.29, 0.717) is 17.0 Å². The summed E-state index contributed by atoms with van der Waals surface area (Å²) in [6.07, 6.45) is 1.61. The number of para-hydroxylation sites is 1. The lowest BCUT2D eigenvalue weighted by Gasteiger charge is -2.06. The van der Waals surface area contributed by atoms with Crippen LogP contribution in [-0.4, -0.2) is 31.2 Å². The summed E-state index contributed by atoms with van der Waals surface area (Å²) in [5.74, 6) is -0.478. The maximum absolute atomic E-state index is 12.6. The molecule has 3 aromatic rings. The predicted molar refractivity (Wildman–Crippen MR) is 101 cm³/mol. The van der Waals surface area contributed by atoms with Crippen molar-refractivity contribution in [2.24, 2.45) is 5.14 Å². The minimum absolute atomic E-state index is 0.109. The van der Waals surface area contributed by atoms with Gasteiger partial charge in [-0.15, -0.1) is 0 Å². The van der Waals surface area contributed by atoms with Crippen LogP contribution in [0.4, 0.5) is 5.69 Å². The van der Waals surface area contributed by atoms with Crippen molar-refractivity contribution < 1.29 is 17.9 Å². The second-order valence-corrected chi connectivity index (χ2v) is 7.40. The van der Waals surface area contributed by atoms with E-state index >= 15 is 0 Å². The number of sulfonamides is 1. The Morgan fingerprint density at radius 2 is 1.93 bits per heavy atom. The van der Waals surface area contributed by atoms with Crippen LogP contribution in [0.25, 0.3) is 5.69 Å². The summed E-state index contributed by atoms with van der Waals surface area (Å²) in [7, 11) is -2.21. The third-order valence-corrected chi connectivity index (χ3v) is 4.42. The lowest BCUT2D eigenvalue weighted by molar-refractivity contribution is 0.101. The molecule has 27 heavy (non-hydrogen) atoms. The molecular formula is C18H18N4O4S. The molecule has 1 amide bonds. The first-order valence-corrected chi connectivity index (χ1v) is 9.67. The van der Waals surface area contributed by atoms with E-state index in [-0.39, 0.29) is 11.4 Å². The summed E-state index contributed by atoms with van der Waals surface area (Å²) in [6, 6.07) is 15.7. The third-order valence-electron chi connectivity index (χ3n) is 3.69. The molecule has 2 aromatic carbocycles. The Morgan fingerprint density at radius 3 is 2.59 bits per heavy atom. The van der Waals surface area contributed by atoms with Crippen molar-refractivity contribution >= 4 is 21.6 Å². The molecule has 1 heterocycles. The molecule has 0 spiro atoms. The number of ether oxygens (including phenoxy) is 1. The number of hydrogen-bond acceptors (Lipinski definition) is 5. The number of rotatable bonds is 6. The summed E-state index contributed by atoms with van der Waals surface area (Å²) in [5.41, 5.74) is 1.79. The van der Waals surface area contributed by atoms with Crippen molar-refractivity contribution in [3.05, 3.63) is 72.1 Å². The molecule has 0 fully saturated rings. The highest BCUT2D eigenvalue weighted by Crippen LogP contribution is 2.21. The molecule has 0 unspecified atom stereocenters. The molecule has 3 N–H and O–H groups in total. The van der Waals surface area contributed by atoms with Gasteiger partial charge < -0.3 is 10.1 Å². The number of carbonyl (C=O) groups is 1. The molecule has 0 saturated heterocycles. The van der Waals surface area contributed by atoms with Crippen molar-refractivity contribution in [3.63, 3.8) is 0 Å². The molecule has 0 bridgehead atoms. The SMILES string of the molecule is COc1cn(-c2ccccc2)nc1C(=O)Nc1cccc(CS(N)(=O)=O)c1. The molecule has 3 rings (SSSR count). The number of aromatic nitrogens is 2. The summed E-state index contributed by atoms with van der Waals surface area (Å²) >= 11 is 0. The molecule has 1 aromatic heterocycles. The van der Waals surface area contributed by atoms with Gasteiger partial charge in [-0.2, -0.15) is 5.10 Å². The molecule has 140 valence electrons. The Hall–Kier alpha value is -3.17. The zero-order valence-corrected chi connectivity index (χ0v) is 15.3. The highest BCUT2D eigenvalue weighted by molar-refractivity contribution is 7.88. The quantitative estimate of drug-likeness (QED) is 0.671. The molecule has 0 atom stereocenters. The van der Waals surface area contributed by atoms with Gasteiger partial charge in [-0.1, -0.05) is 30.3 Å². The number of hydrogen-bond donors (Lipinski definition) is 2. The van der Waals surface area contributed by atoms with Gasteiger partial charge in [-0.05, 0) is 29.8 Å². The van der Waals surface area contributed by atoms with Crippen LogP contribution in [0.5, 0.6) is 5.75 Å². The fourth-order valence-corrected chi connectivity index (χ4v) is 3.18. The molecule has 0 aliphatic rings.